The lowest BCUT2D eigenvalue weighted by atomic mass is 10.1. The van der Waals surface area contributed by atoms with Gasteiger partial charge in [0.1, 0.15) is 0 Å². The van der Waals surface area contributed by atoms with Gasteiger partial charge in [0, 0.05) is 16.4 Å². The van der Waals surface area contributed by atoms with E-state index in [9.17, 15) is 4.79 Å². The fourth-order valence-corrected chi connectivity index (χ4v) is 2.49. The Balaban J connectivity index is 1.68. The van der Waals surface area contributed by atoms with E-state index >= 15 is 0 Å². The molecule has 0 aliphatic rings. The zero-order valence-corrected chi connectivity index (χ0v) is 13.8. The molecule has 0 saturated carbocycles. The van der Waals surface area contributed by atoms with Crippen LogP contribution in [0.3, 0.4) is 0 Å². The SMILES string of the molecule is O=C(CNCCc1cccc(Br)c1)Cc1ccc(Cl)cn1. The summed E-state index contributed by atoms with van der Waals surface area (Å²) in [5.74, 6) is 0.124. The smallest absolute Gasteiger partial charge is 0.152 e. The van der Waals surface area contributed by atoms with Crippen LogP contribution in [0.1, 0.15) is 11.3 Å². The molecular formula is C16H16BrClN2O. The molecule has 3 nitrogen and oxygen atoms in total. The first kappa shape index (κ1) is 16.1. The van der Waals surface area contributed by atoms with Crippen molar-refractivity contribution in [2.75, 3.05) is 13.1 Å². The Morgan fingerprint density at radius 2 is 2.14 bits per heavy atom. The van der Waals surface area contributed by atoms with E-state index in [0.717, 1.165) is 23.1 Å². The minimum atomic E-state index is 0.124. The number of rotatable bonds is 7. The number of Topliss-reactive ketones (excluding diaryl/α,β-unsaturated/α-hetero) is 1. The summed E-state index contributed by atoms with van der Waals surface area (Å²) >= 11 is 9.20. The summed E-state index contributed by atoms with van der Waals surface area (Å²) in [6.45, 7) is 1.13. The second-order valence-corrected chi connectivity index (χ2v) is 6.09. The van der Waals surface area contributed by atoms with Crippen molar-refractivity contribution in [3.05, 3.63) is 63.3 Å². The average Bonchev–Trinajstić information content (AvgIpc) is 2.46. The number of benzene rings is 1. The van der Waals surface area contributed by atoms with Crippen molar-refractivity contribution < 1.29 is 4.79 Å². The normalized spacial score (nSPS) is 10.6. The molecule has 0 fully saturated rings. The van der Waals surface area contributed by atoms with Crippen LogP contribution in [-0.2, 0) is 17.6 Å². The van der Waals surface area contributed by atoms with Crippen molar-refractivity contribution in [3.8, 4) is 0 Å². The van der Waals surface area contributed by atoms with Gasteiger partial charge in [-0.3, -0.25) is 9.78 Å². The van der Waals surface area contributed by atoms with E-state index in [1.807, 2.05) is 12.1 Å². The summed E-state index contributed by atoms with van der Waals surface area (Å²) in [7, 11) is 0. The third-order valence-electron chi connectivity index (χ3n) is 2.97. The van der Waals surface area contributed by atoms with E-state index in [4.69, 9.17) is 11.6 Å². The first-order chi connectivity index (χ1) is 10.1. The van der Waals surface area contributed by atoms with Crippen molar-refractivity contribution >= 4 is 33.3 Å². The summed E-state index contributed by atoms with van der Waals surface area (Å²) in [4.78, 5) is 15.9. The second kappa shape index (κ2) is 8.27. The molecule has 0 aliphatic heterocycles. The minimum absolute atomic E-state index is 0.124. The van der Waals surface area contributed by atoms with Crippen LogP contribution in [0.4, 0.5) is 0 Å². The molecule has 0 radical (unpaired) electrons. The number of nitrogens with one attached hydrogen (secondary N) is 1. The van der Waals surface area contributed by atoms with Gasteiger partial charge in [0.05, 0.1) is 18.0 Å². The molecule has 2 aromatic rings. The van der Waals surface area contributed by atoms with Gasteiger partial charge in [0.25, 0.3) is 0 Å². The Morgan fingerprint density at radius 3 is 2.86 bits per heavy atom. The van der Waals surface area contributed by atoms with Crippen LogP contribution in [0.15, 0.2) is 47.1 Å². The summed E-state index contributed by atoms with van der Waals surface area (Å²) in [6.07, 6.45) is 2.79. The summed E-state index contributed by atoms with van der Waals surface area (Å²) in [6, 6.07) is 11.7. The Bertz CT molecular complexity index is 601. The van der Waals surface area contributed by atoms with E-state index in [1.165, 1.54) is 5.56 Å². The van der Waals surface area contributed by atoms with Crippen LogP contribution in [0, 0.1) is 0 Å². The molecule has 0 atom stereocenters. The Kier molecular flexibility index (Phi) is 6.36. The zero-order chi connectivity index (χ0) is 15.1. The highest BCUT2D eigenvalue weighted by Gasteiger charge is 2.04. The van der Waals surface area contributed by atoms with Gasteiger partial charge in [-0.15, -0.1) is 0 Å². The lowest BCUT2D eigenvalue weighted by Gasteiger charge is -2.05. The maximum Gasteiger partial charge on any atom is 0.152 e. The number of hydrogen-bond acceptors (Lipinski definition) is 3. The van der Waals surface area contributed by atoms with E-state index in [2.05, 4.69) is 38.4 Å². The molecule has 2 rings (SSSR count). The summed E-state index contributed by atoms with van der Waals surface area (Å²) < 4.78 is 1.07. The quantitative estimate of drug-likeness (QED) is 0.762. The fraction of sp³-hybridized carbons (Fsp3) is 0.250. The van der Waals surface area contributed by atoms with Crippen LogP contribution in [0.25, 0.3) is 0 Å². The van der Waals surface area contributed by atoms with Crippen LogP contribution < -0.4 is 5.32 Å². The molecule has 0 bridgehead atoms. The highest BCUT2D eigenvalue weighted by Crippen LogP contribution is 2.11. The summed E-state index contributed by atoms with van der Waals surface area (Å²) in [5, 5.41) is 3.75. The van der Waals surface area contributed by atoms with Gasteiger partial charge in [-0.1, -0.05) is 39.7 Å². The average molecular weight is 368 g/mol. The number of carbonyl (C=O) groups excluding carboxylic acids is 1. The third-order valence-corrected chi connectivity index (χ3v) is 3.69. The first-order valence-corrected chi connectivity index (χ1v) is 7.88. The molecule has 1 heterocycles. The Labute approximate surface area is 137 Å². The number of carbonyl (C=O) groups is 1. The molecule has 0 saturated heterocycles. The van der Waals surface area contributed by atoms with Gasteiger partial charge >= 0.3 is 0 Å². The molecule has 0 amide bonds. The van der Waals surface area contributed by atoms with Crippen molar-refractivity contribution in [1.29, 1.82) is 0 Å². The van der Waals surface area contributed by atoms with Gasteiger partial charge in [-0.25, -0.2) is 0 Å². The number of halogens is 2. The maximum atomic E-state index is 11.8. The number of pyridine rings is 1. The Hall–Kier alpha value is -1.23. The van der Waals surface area contributed by atoms with Crippen LogP contribution in [-0.4, -0.2) is 23.9 Å². The van der Waals surface area contributed by atoms with Crippen LogP contribution in [0.5, 0.6) is 0 Å². The monoisotopic (exact) mass is 366 g/mol. The van der Waals surface area contributed by atoms with E-state index in [0.29, 0.717) is 18.0 Å². The number of hydrogen-bond donors (Lipinski definition) is 1. The lowest BCUT2D eigenvalue weighted by Crippen LogP contribution is -2.26. The summed E-state index contributed by atoms with van der Waals surface area (Å²) in [5.41, 5.74) is 1.99. The largest absolute Gasteiger partial charge is 0.310 e. The van der Waals surface area contributed by atoms with E-state index in [1.54, 1.807) is 18.3 Å². The molecule has 0 spiro atoms. The highest BCUT2D eigenvalue weighted by atomic mass is 79.9. The molecule has 1 aromatic carbocycles. The van der Waals surface area contributed by atoms with Crippen LogP contribution in [0.2, 0.25) is 5.02 Å². The number of ketones is 1. The Morgan fingerprint density at radius 1 is 1.29 bits per heavy atom. The molecule has 5 heteroatoms. The predicted molar refractivity (Wildman–Crippen MR) is 88.7 cm³/mol. The van der Waals surface area contributed by atoms with E-state index < -0.39 is 0 Å². The third kappa shape index (κ3) is 5.96. The molecule has 1 aromatic heterocycles. The predicted octanol–water partition coefficient (Wildman–Crippen LogP) is 3.44. The van der Waals surface area contributed by atoms with Gasteiger partial charge in [-0.2, -0.15) is 0 Å². The molecule has 21 heavy (non-hydrogen) atoms. The van der Waals surface area contributed by atoms with Crippen molar-refractivity contribution in [2.45, 2.75) is 12.8 Å². The van der Waals surface area contributed by atoms with Gasteiger partial charge in [0.15, 0.2) is 5.78 Å². The highest BCUT2D eigenvalue weighted by molar-refractivity contribution is 9.10. The first-order valence-electron chi connectivity index (χ1n) is 6.71. The molecular weight excluding hydrogens is 352 g/mol. The standard InChI is InChI=1S/C16H16BrClN2O/c17-13-3-1-2-12(8-13)6-7-19-11-16(21)9-15-5-4-14(18)10-20-15/h1-5,8,10,19H,6-7,9,11H2. The van der Waals surface area contributed by atoms with Crippen molar-refractivity contribution in [2.24, 2.45) is 0 Å². The van der Waals surface area contributed by atoms with Gasteiger partial charge in [0.2, 0.25) is 0 Å². The zero-order valence-electron chi connectivity index (χ0n) is 11.5. The van der Waals surface area contributed by atoms with E-state index in [-0.39, 0.29) is 5.78 Å². The van der Waals surface area contributed by atoms with Gasteiger partial charge < -0.3 is 5.32 Å². The topological polar surface area (TPSA) is 42.0 Å². The second-order valence-electron chi connectivity index (χ2n) is 4.74. The fourth-order valence-electron chi connectivity index (χ4n) is 1.93. The minimum Gasteiger partial charge on any atom is -0.310 e. The van der Waals surface area contributed by atoms with Crippen molar-refractivity contribution in [3.63, 3.8) is 0 Å². The van der Waals surface area contributed by atoms with Crippen molar-refractivity contribution in [1.82, 2.24) is 10.3 Å². The maximum absolute atomic E-state index is 11.8. The molecule has 1 N–H and O–H groups in total. The molecule has 0 unspecified atom stereocenters. The van der Waals surface area contributed by atoms with Gasteiger partial charge in [-0.05, 0) is 42.8 Å². The molecule has 110 valence electrons. The molecule has 0 aliphatic carbocycles. The number of nitrogens with zero attached hydrogens (tertiary/aromatic N) is 1. The lowest BCUT2D eigenvalue weighted by molar-refractivity contribution is -0.117. The van der Waals surface area contributed by atoms with Crippen LogP contribution >= 0.6 is 27.5 Å². The number of aromatic nitrogens is 1.